The van der Waals surface area contributed by atoms with Crippen molar-refractivity contribution in [2.75, 3.05) is 18.6 Å². The summed E-state index contributed by atoms with van der Waals surface area (Å²) in [7, 11) is -0.640. The molecule has 3 heteroatoms. The largest absolute Gasteiger partial charge is 0.313 e. The van der Waals surface area contributed by atoms with Crippen molar-refractivity contribution in [1.29, 1.82) is 0 Å². The third-order valence-electron chi connectivity index (χ3n) is 5.23. The van der Waals surface area contributed by atoms with Gasteiger partial charge in [0.2, 0.25) is 0 Å². The Morgan fingerprint density at radius 3 is 2.59 bits per heavy atom. The molecule has 0 radical (unpaired) electrons. The fourth-order valence-corrected chi connectivity index (χ4v) is 4.88. The Morgan fingerprint density at radius 1 is 1.35 bits per heavy atom. The smallest absolute Gasteiger partial charge is 0.0244 e. The predicted octanol–water partition coefficient (Wildman–Crippen LogP) is 2.56. The Kier molecular flexibility index (Phi) is 3.71. The molecule has 2 rings (SSSR count). The van der Waals surface area contributed by atoms with Crippen LogP contribution in [0.4, 0.5) is 0 Å². The SMILES string of the molecule is CS(=O)CCCNC1C(C)(C)[C@H]2CC[C@]1(C)C2. The van der Waals surface area contributed by atoms with Crippen LogP contribution in [0.3, 0.4) is 0 Å². The zero-order chi connectivity index (χ0) is 12.7. The summed E-state index contributed by atoms with van der Waals surface area (Å²) in [5.41, 5.74) is 0.956. The second-order valence-corrected chi connectivity index (χ2v) is 8.49. The van der Waals surface area contributed by atoms with E-state index in [2.05, 4.69) is 26.1 Å². The van der Waals surface area contributed by atoms with Gasteiger partial charge in [-0.2, -0.15) is 0 Å². The van der Waals surface area contributed by atoms with Crippen LogP contribution in [0, 0.1) is 16.7 Å². The first kappa shape index (κ1) is 13.5. The third kappa shape index (κ3) is 2.46. The quantitative estimate of drug-likeness (QED) is 0.767. The average Bonchev–Trinajstić information content (AvgIpc) is 2.67. The Hall–Kier alpha value is 0.110. The highest BCUT2D eigenvalue weighted by Gasteiger charge is 2.58. The summed E-state index contributed by atoms with van der Waals surface area (Å²) in [5, 5.41) is 3.76. The van der Waals surface area contributed by atoms with Crippen LogP contribution in [0.5, 0.6) is 0 Å². The number of fused-ring (bicyclic) bond motifs is 2. The number of nitrogens with one attached hydrogen (secondary N) is 1. The van der Waals surface area contributed by atoms with Gasteiger partial charge in [-0.3, -0.25) is 4.21 Å². The van der Waals surface area contributed by atoms with E-state index in [1.165, 1.54) is 19.3 Å². The molecule has 0 heterocycles. The molecule has 2 bridgehead atoms. The van der Waals surface area contributed by atoms with E-state index in [-0.39, 0.29) is 0 Å². The zero-order valence-electron chi connectivity index (χ0n) is 11.7. The van der Waals surface area contributed by atoms with Crippen LogP contribution in [0.2, 0.25) is 0 Å². The van der Waals surface area contributed by atoms with Gasteiger partial charge in [0.05, 0.1) is 0 Å². The molecule has 2 nitrogen and oxygen atoms in total. The van der Waals surface area contributed by atoms with Gasteiger partial charge >= 0.3 is 0 Å². The summed E-state index contributed by atoms with van der Waals surface area (Å²) in [4.78, 5) is 0. The lowest BCUT2D eigenvalue weighted by molar-refractivity contribution is 0.110. The molecule has 1 N–H and O–H groups in total. The van der Waals surface area contributed by atoms with Gasteiger partial charge in [-0.05, 0) is 49.0 Å². The van der Waals surface area contributed by atoms with E-state index in [4.69, 9.17) is 0 Å². The molecule has 2 fully saturated rings. The van der Waals surface area contributed by atoms with Crippen molar-refractivity contribution in [3.63, 3.8) is 0 Å². The minimum Gasteiger partial charge on any atom is -0.313 e. The van der Waals surface area contributed by atoms with Crippen LogP contribution < -0.4 is 5.32 Å². The van der Waals surface area contributed by atoms with Crippen molar-refractivity contribution in [3.05, 3.63) is 0 Å². The van der Waals surface area contributed by atoms with E-state index in [0.717, 1.165) is 24.6 Å². The summed E-state index contributed by atoms with van der Waals surface area (Å²) >= 11 is 0. The highest BCUT2D eigenvalue weighted by molar-refractivity contribution is 7.84. The van der Waals surface area contributed by atoms with Crippen molar-refractivity contribution < 1.29 is 4.21 Å². The molecule has 0 aromatic rings. The average molecular weight is 257 g/mol. The molecule has 100 valence electrons. The first-order valence-corrected chi connectivity index (χ1v) is 8.62. The van der Waals surface area contributed by atoms with Crippen LogP contribution in [-0.2, 0) is 10.8 Å². The summed E-state index contributed by atoms with van der Waals surface area (Å²) in [6.07, 6.45) is 7.04. The normalized spacial score (nSPS) is 40.7. The van der Waals surface area contributed by atoms with Gasteiger partial charge < -0.3 is 5.32 Å². The second-order valence-electron chi connectivity index (χ2n) is 6.93. The van der Waals surface area contributed by atoms with Crippen molar-refractivity contribution >= 4 is 10.8 Å². The van der Waals surface area contributed by atoms with Gasteiger partial charge in [-0.1, -0.05) is 20.8 Å². The Balaban J connectivity index is 1.89. The molecular weight excluding hydrogens is 230 g/mol. The van der Waals surface area contributed by atoms with Gasteiger partial charge in [-0.25, -0.2) is 0 Å². The monoisotopic (exact) mass is 257 g/mol. The Morgan fingerprint density at radius 2 is 2.06 bits per heavy atom. The van der Waals surface area contributed by atoms with Crippen molar-refractivity contribution in [2.45, 2.75) is 52.5 Å². The molecule has 2 aliphatic carbocycles. The van der Waals surface area contributed by atoms with Gasteiger partial charge in [0.25, 0.3) is 0 Å². The van der Waals surface area contributed by atoms with Crippen LogP contribution in [0.1, 0.15) is 46.5 Å². The maximum Gasteiger partial charge on any atom is 0.0244 e. The lowest BCUT2D eigenvalue weighted by Crippen LogP contribution is -2.50. The Bertz CT molecular complexity index is 311. The molecule has 2 unspecified atom stereocenters. The number of hydrogen-bond donors (Lipinski definition) is 1. The number of hydrogen-bond acceptors (Lipinski definition) is 2. The van der Waals surface area contributed by atoms with Gasteiger partial charge in [0, 0.05) is 28.9 Å². The molecule has 0 aromatic carbocycles. The first-order valence-electron chi connectivity index (χ1n) is 6.90. The topological polar surface area (TPSA) is 29.1 Å². The lowest BCUT2D eigenvalue weighted by atomic mass is 9.68. The van der Waals surface area contributed by atoms with E-state index in [1.54, 1.807) is 6.26 Å². The molecule has 2 saturated carbocycles. The summed E-state index contributed by atoms with van der Waals surface area (Å²) in [6.45, 7) is 8.34. The van der Waals surface area contributed by atoms with E-state index in [9.17, 15) is 4.21 Å². The van der Waals surface area contributed by atoms with Gasteiger partial charge in [-0.15, -0.1) is 0 Å². The van der Waals surface area contributed by atoms with Crippen molar-refractivity contribution in [1.82, 2.24) is 5.32 Å². The van der Waals surface area contributed by atoms with Crippen LogP contribution in [0.25, 0.3) is 0 Å². The molecule has 0 aliphatic heterocycles. The van der Waals surface area contributed by atoms with Crippen molar-refractivity contribution in [2.24, 2.45) is 16.7 Å². The lowest BCUT2D eigenvalue weighted by Gasteiger charge is -2.43. The fourth-order valence-electron chi connectivity index (χ4n) is 4.33. The summed E-state index contributed by atoms with van der Waals surface area (Å²) < 4.78 is 11.0. The molecular formula is C14H27NOS. The van der Waals surface area contributed by atoms with Crippen LogP contribution in [-0.4, -0.2) is 28.8 Å². The molecule has 4 atom stereocenters. The summed E-state index contributed by atoms with van der Waals surface area (Å²) in [5.74, 6) is 1.74. The zero-order valence-corrected chi connectivity index (χ0v) is 12.5. The van der Waals surface area contributed by atoms with Crippen LogP contribution in [0.15, 0.2) is 0 Å². The molecule has 17 heavy (non-hydrogen) atoms. The number of rotatable bonds is 5. The van der Waals surface area contributed by atoms with Crippen LogP contribution >= 0.6 is 0 Å². The molecule has 0 saturated heterocycles. The molecule has 2 aliphatic rings. The van der Waals surface area contributed by atoms with E-state index < -0.39 is 10.8 Å². The highest BCUT2D eigenvalue weighted by atomic mass is 32.2. The minimum atomic E-state index is -0.640. The first-order chi connectivity index (χ1) is 7.86. The standard InChI is InChI=1S/C14H27NOS/c1-13(2)11-6-7-14(3,10-11)12(13)15-8-5-9-17(4)16/h11-12,15H,5-10H2,1-4H3/t11-,12?,14+,17?/m0/s1. The van der Waals surface area contributed by atoms with E-state index in [0.29, 0.717) is 16.9 Å². The molecule has 0 aromatic heterocycles. The fraction of sp³-hybridized carbons (Fsp3) is 1.00. The van der Waals surface area contributed by atoms with Crippen molar-refractivity contribution in [3.8, 4) is 0 Å². The summed E-state index contributed by atoms with van der Waals surface area (Å²) in [6, 6.07) is 0.652. The third-order valence-corrected chi connectivity index (χ3v) is 6.09. The predicted molar refractivity (Wildman–Crippen MR) is 74.6 cm³/mol. The second kappa shape index (κ2) is 4.65. The molecule has 0 amide bonds. The van der Waals surface area contributed by atoms with E-state index in [1.807, 2.05) is 0 Å². The molecule has 0 spiro atoms. The van der Waals surface area contributed by atoms with Gasteiger partial charge in [0.15, 0.2) is 0 Å². The maximum absolute atomic E-state index is 11.0. The highest BCUT2D eigenvalue weighted by Crippen LogP contribution is 2.62. The van der Waals surface area contributed by atoms with Gasteiger partial charge in [0.1, 0.15) is 0 Å². The van der Waals surface area contributed by atoms with E-state index >= 15 is 0 Å². The minimum absolute atomic E-state index is 0.443. The Labute approximate surface area is 108 Å². The maximum atomic E-state index is 11.0.